The molecular weight excluding hydrogens is 501 g/mol. The van der Waals surface area contributed by atoms with Crippen LogP contribution >= 0.6 is 22.9 Å². The lowest BCUT2D eigenvalue weighted by molar-refractivity contribution is -0.137. The number of halogens is 4. The number of anilines is 1. The molecule has 2 aromatic carbocycles. The van der Waals surface area contributed by atoms with Crippen molar-refractivity contribution in [3.8, 4) is 5.75 Å². The molecule has 0 spiro atoms. The number of benzene rings is 2. The number of ether oxygens (including phenoxy) is 1. The van der Waals surface area contributed by atoms with Crippen LogP contribution in [-0.4, -0.2) is 10.9 Å². The molecule has 1 N–H and O–H groups in total. The summed E-state index contributed by atoms with van der Waals surface area (Å²) in [7, 11) is 0. The molecule has 35 heavy (non-hydrogen) atoms. The number of aromatic nitrogens is 1. The highest BCUT2D eigenvalue weighted by molar-refractivity contribution is 7.15. The van der Waals surface area contributed by atoms with Crippen molar-refractivity contribution >= 4 is 34.0 Å². The molecule has 0 saturated carbocycles. The summed E-state index contributed by atoms with van der Waals surface area (Å²) in [4.78, 5) is 17.6. The zero-order chi connectivity index (χ0) is 25.2. The summed E-state index contributed by atoms with van der Waals surface area (Å²) in [6, 6.07) is 14.0. The number of rotatable bonds is 7. The molecule has 4 rings (SSSR count). The third kappa shape index (κ3) is 6.23. The molecule has 0 aliphatic carbocycles. The topological polar surface area (TPSA) is 64.4 Å². The maximum Gasteiger partial charge on any atom is 0.416 e. The first-order valence-electron chi connectivity index (χ1n) is 10.5. The molecule has 2 heterocycles. The third-order valence-corrected chi connectivity index (χ3v) is 6.57. The van der Waals surface area contributed by atoms with Crippen molar-refractivity contribution in [2.24, 2.45) is 0 Å². The van der Waals surface area contributed by atoms with E-state index in [2.05, 4.69) is 10.3 Å². The van der Waals surface area contributed by atoms with Crippen LogP contribution in [0.2, 0.25) is 5.02 Å². The van der Waals surface area contributed by atoms with Crippen molar-refractivity contribution < 1.29 is 27.1 Å². The Balaban J connectivity index is 1.40. The van der Waals surface area contributed by atoms with Gasteiger partial charge in [0.1, 0.15) is 18.1 Å². The lowest BCUT2D eigenvalue weighted by Crippen LogP contribution is -2.10. The molecule has 0 aliphatic rings. The molecule has 0 fully saturated rings. The zero-order valence-corrected chi connectivity index (χ0v) is 20.3. The minimum absolute atomic E-state index is 0.0860. The predicted molar refractivity (Wildman–Crippen MR) is 128 cm³/mol. The van der Waals surface area contributed by atoms with Gasteiger partial charge in [-0.2, -0.15) is 13.2 Å². The molecule has 182 valence electrons. The first-order valence-corrected chi connectivity index (χ1v) is 11.7. The third-order valence-electron chi connectivity index (χ3n) is 5.12. The molecule has 2 aromatic heterocycles. The highest BCUT2D eigenvalue weighted by Crippen LogP contribution is 2.34. The van der Waals surface area contributed by atoms with Crippen LogP contribution in [0.25, 0.3) is 0 Å². The fourth-order valence-corrected chi connectivity index (χ4v) is 4.40. The Kier molecular flexibility index (Phi) is 7.18. The van der Waals surface area contributed by atoms with Gasteiger partial charge in [-0.05, 0) is 61.9 Å². The predicted octanol–water partition coefficient (Wildman–Crippen LogP) is 7.45. The first-order chi connectivity index (χ1) is 16.6. The van der Waals surface area contributed by atoms with Crippen molar-refractivity contribution in [3.05, 3.63) is 98.4 Å². The van der Waals surface area contributed by atoms with E-state index >= 15 is 0 Å². The number of furan rings is 1. The summed E-state index contributed by atoms with van der Waals surface area (Å²) in [5, 5.41) is 3.20. The number of nitrogens with one attached hydrogen (secondary N) is 1. The highest BCUT2D eigenvalue weighted by Gasteiger charge is 2.31. The van der Waals surface area contributed by atoms with Gasteiger partial charge >= 0.3 is 6.18 Å². The minimum atomic E-state index is -4.46. The van der Waals surface area contributed by atoms with Crippen LogP contribution in [0.4, 0.5) is 18.3 Å². The molecule has 4 aromatic rings. The van der Waals surface area contributed by atoms with E-state index in [1.807, 2.05) is 31.2 Å². The monoisotopic (exact) mass is 520 g/mol. The van der Waals surface area contributed by atoms with E-state index in [4.69, 9.17) is 20.8 Å². The summed E-state index contributed by atoms with van der Waals surface area (Å²) < 4.78 is 50.4. The lowest BCUT2D eigenvalue weighted by atomic mass is 10.1. The van der Waals surface area contributed by atoms with Gasteiger partial charge in [-0.3, -0.25) is 10.1 Å². The largest absolute Gasteiger partial charge is 0.486 e. The van der Waals surface area contributed by atoms with E-state index in [-0.39, 0.29) is 23.8 Å². The van der Waals surface area contributed by atoms with Crippen LogP contribution < -0.4 is 10.1 Å². The fourth-order valence-electron chi connectivity index (χ4n) is 3.23. The van der Waals surface area contributed by atoms with Crippen LogP contribution in [0, 0.1) is 13.8 Å². The molecule has 0 aliphatic heterocycles. The Hall–Kier alpha value is -3.30. The Morgan fingerprint density at radius 2 is 1.86 bits per heavy atom. The van der Waals surface area contributed by atoms with Gasteiger partial charge in [0.2, 0.25) is 0 Å². The second kappa shape index (κ2) is 10.1. The Morgan fingerprint density at radius 3 is 2.57 bits per heavy atom. The standard InChI is InChI=1S/C25H20ClF3N2O3S/c1-14-3-6-18(7-4-14)33-13-19-8-10-21(34-19)23(32)31-24-30-15(2)22(35-24)12-16-11-17(25(27,28)29)5-9-20(16)26/h3-11H,12-13H2,1-2H3,(H,30,31,32). The number of carbonyl (C=O) groups is 1. The van der Waals surface area contributed by atoms with E-state index in [1.165, 1.54) is 23.5 Å². The number of amides is 1. The van der Waals surface area contributed by atoms with E-state index in [9.17, 15) is 18.0 Å². The molecule has 1 amide bonds. The maximum absolute atomic E-state index is 13.1. The van der Waals surface area contributed by atoms with Crippen LogP contribution in [-0.2, 0) is 19.2 Å². The summed E-state index contributed by atoms with van der Waals surface area (Å²) in [5.41, 5.74) is 1.26. The SMILES string of the molecule is Cc1ccc(OCc2ccc(C(=O)Nc3nc(C)c(Cc4cc(C(F)(F)F)ccc4Cl)s3)o2)cc1. The first kappa shape index (κ1) is 24.8. The van der Waals surface area contributed by atoms with Crippen molar-refractivity contribution in [3.63, 3.8) is 0 Å². The number of aryl methyl sites for hydroxylation is 2. The van der Waals surface area contributed by atoms with Gasteiger partial charge in [-0.25, -0.2) is 4.98 Å². The van der Waals surface area contributed by atoms with E-state index in [0.29, 0.717) is 32.8 Å². The Morgan fingerprint density at radius 1 is 1.11 bits per heavy atom. The Bertz CT molecular complexity index is 1350. The molecule has 10 heteroatoms. The molecule has 0 atom stereocenters. The summed E-state index contributed by atoms with van der Waals surface area (Å²) in [6.07, 6.45) is -4.31. The van der Waals surface area contributed by atoms with Crippen molar-refractivity contribution in [2.75, 3.05) is 5.32 Å². The zero-order valence-electron chi connectivity index (χ0n) is 18.7. The smallest absolute Gasteiger partial charge is 0.416 e. The van der Waals surface area contributed by atoms with Gasteiger partial charge in [0.25, 0.3) is 5.91 Å². The second-order valence-corrected chi connectivity index (χ2v) is 9.32. The van der Waals surface area contributed by atoms with Crippen LogP contribution in [0.15, 0.2) is 59.0 Å². The van der Waals surface area contributed by atoms with Crippen molar-refractivity contribution in [1.29, 1.82) is 0 Å². The Labute approximate surface area is 208 Å². The normalized spacial score (nSPS) is 11.5. The molecule has 0 unspecified atom stereocenters. The summed E-state index contributed by atoms with van der Waals surface area (Å²) in [5.74, 6) is 0.752. The number of carbonyl (C=O) groups excluding carboxylic acids is 1. The summed E-state index contributed by atoms with van der Waals surface area (Å²) >= 11 is 7.28. The molecule has 0 saturated heterocycles. The second-order valence-electron chi connectivity index (χ2n) is 7.83. The van der Waals surface area contributed by atoms with Gasteiger partial charge in [0, 0.05) is 16.3 Å². The van der Waals surface area contributed by atoms with Gasteiger partial charge in [0.15, 0.2) is 10.9 Å². The van der Waals surface area contributed by atoms with E-state index in [0.717, 1.165) is 17.7 Å². The molecule has 0 bridgehead atoms. The van der Waals surface area contributed by atoms with E-state index < -0.39 is 17.6 Å². The average molecular weight is 521 g/mol. The number of thiazole rings is 1. The number of alkyl halides is 3. The van der Waals surface area contributed by atoms with Crippen molar-refractivity contribution in [2.45, 2.75) is 33.1 Å². The minimum Gasteiger partial charge on any atom is -0.486 e. The number of hydrogen-bond donors (Lipinski definition) is 1. The average Bonchev–Trinajstić information content (AvgIpc) is 3.41. The lowest BCUT2D eigenvalue weighted by Gasteiger charge is -2.10. The van der Waals surface area contributed by atoms with Gasteiger partial charge < -0.3 is 9.15 Å². The fraction of sp³-hybridized carbons (Fsp3) is 0.200. The van der Waals surface area contributed by atoms with Crippen LogP contribution in [0.1, 0.15) is 43.6 Å². The summed E-state index contributed by atoms with van der Waals surface area (Å²) in [6.45, 7) is 3.86. The van der Waals surface area contributed by atoms with Gasteiger partial charge in [-0.15, -0.1) is 11.3 Å². The van der Waals surface area contributed by atoms with Gasteiger partial charge in [-0.1, -0.05) is 29.3 Å². The number of hydrogen-bond acceptors (Lipinski definition) is 5. The molecule has 5 nitrogen and oxygen atoms in total. The maximum atomic E-state index is 13.1. The van der Waals surface area contributed by atoms with Crippen LogP contribution in [0.5, 0.6) is 5.75 Å². The van der Waals surface area contributed by atoms with Crippen LogP contribution in [0.3, 0.4) is 0 Å². The van der Waals surface area contributed by atoms with E-state index in [1.54, 1.807) is 13.0 Å². The molecule has 0 radical (unpaired) electrons. The quantitative estimate of drug-likeness (QED) is 0.275. The highest BCUT2D eigenvalue weighted by atomic mass is 35.5. The van der Waals surface area contributed by atoms with Gasteiger partial charge in [0.05, 0.1) is 11.3 Å². The number of nitrogens with zero attached hydrogens (tertiary/aromatic N) is 1. The molecular formula is C25H20ClF3N2O3S. The van der Waals surface area contributed by atoms with Crippen molar-refractivity contribution in [1.82, 2.24) is 4.98 Å².